The molecule has 0 aliphatic carbocycles. The minimum Gasteiger partial charge on any atom is -0.379 e. The first-order chi connectivity index (χ1) is 11.7. The molecule has 0 N–H and O–H groups in total. The molecule has 134 valence electrons. The summed E-state index contributed by atoms with van der Waals surface area (Å²) >= 11 is 1.72. The predicted molar refractivity (Wildman–Crippen MR) is 98.8 cm³/mol. The van der Waals surface area contributed by atoms with Gasteiger partial charge in [-0.25, -0.2) is 0 Å². The van der Waals surface area contributed by atoms with Crippen LogP contribution < -0.4 is 0 Å². The lowest BCUT2D eigenvalue weighted by Crippen LogP contribution is -2.49. The second-order valence-corrected chi connectivity index (χ2v) is 8.07. The number of nitrogens with zero attached hydrogens (tertiary/aromatic N) is 2. The molecule has 0 radical (unpaired) electrons. The molecule has 0 aromatic carbocycles. The molecule has 2 aliphatic heterocycles. The summed E-state index contributed by atoms with van der Waals surface area (Å²) in [6.45, 7) is 10.2. The van der Waals surface area contributed by atoms with E-state index in [2.05, 4.69) is 29.7 Å². The van der Waals surface area contributed by atoms with Crippen LogP contribution in [0.2, 0.25) is 0 Å². The highest BCUT2D eigenvalue weighted by Gasteiger charge is 2.30. The van der Waals surface area contributed by atoms with Crippen molar-refractivity contribution in [2.24, 2.45) is 5.92 Å². The van der Waals surface area contributed by atoms with Crippen molar-refractivity contribution in [1.29, 1.82) is 0 Å². The van der Waals surface area contributed by atoms with Crippen molar-refractivity contribution in [2.75, 3.05) is 39.4 Å². The Labute approximate surface area is 149 Å². The average Bonchev–Trinajstić information content (AvgIpc) is 3.10. The maximum absolute atomic E-state index is 12.7. The van der Waals surface area contributed by atoms with Gasteiger partial charge in [0.1, 0.15) is 0 Å². The highest BCUT2D eigenvalue weighted by Crippen LogP contribution is 2.26. The quantitative estimate of drug-likeness (QED) is 0.817. The van der Waals surface area contributed by atoms with Crippen LogP contribution in [0.25, 0.3) is 0 Å². The Morgan fingerprint density at radius 2 is 2.00 bits per heavy atom. The number of ether oxygens (including phenoxy) is 1. The largest absolute Gasteiger partial charge is 0.379 e. The Morgan fingerprint density at radius 1 is 1.29 bits per heavy atom. The molecule has 5 heteroatoms. The molecule has 4 nitrogen and oxygen atoms in total. The minimum absolute atomic E-state index is 0.228. The molecule has 1 amide bonds. The number of piperidine rings is 1. The monoisotopic (exact) mass is 350 g/mol. The molecule has 0 bridgehead atoms. The van der Waals surface area contributed by atoms with E-state index in [0.717, 1.165) is 70.6 Å². The standard InChI is InChI=1S/C19H30N2O2S/c1-3-4-18-13-17(14-24-18)19(22)21-7-5-16(6-8-21)15(2)20-9-11-23-12-10-20/h13-16H,3-12H2,1-2H3/t15-/m1/s1. The number of thiophene rings is 1. The van der Waals surface area contributed by atoms with Crippen LogP contribution in [0, 0.1) is 5.92 Å². The lowest BCUT2D eigenvalue weighted by Gasteiger charge is -2.41. The third kappa shape index (κ3) is 4.19. The van der Waals surface area contributed by atoms with E-state index in [0.29, 0.717) is 12.0 Å². The number of hydrogen-bond donors (Lipinski definition) is 0. The molecular formula is C19H30N2O2S. The van der Waals surface area contributed by atoms with Crippen LogP contribution in [0.5, 0.6) is 0 Å². The summed E-state index contributed by atoms with van der Waals surface area (Å²) in [5.74, 6) is 0.927. The molecule has 2 aliphatic rings. The molecule has 1 aromatic heterocycles. The Balaban J connectivity index is 1.51. The number of hydrogen-bond acceptors (Lipinski definition) is 4. The van der Waals surface area contributed by atoms with Crippen LogP contribution in [0.4, 0.5) is 0 Å². The molecule has 1 aromatic rings. The van der Waals surface area contributed by atoms with Crippen LogP contribution in [-0.2, 0) is 11.2 Å². The maximum atomic E-state index is 12.7. The van der Waals surface area contributed by atoms with E-state index >= 15 is 0 Å². The fourth-order valence-electron chi connectivity index (χ4n) is 3.92. The summed E-state index contributed by atoms with van der Waals surface area (Å²) in [4.78, 5) is 18.6. The first kappa shape index (κ1) is 17.9. The minimum atomic E-state index is 0.228. The number of aryl methyl sites for hydroxylation is 1. The van der Waals surface area contributed by atoms with Crippen molar-refractivity contribution >= 4 is 17.2 Å². The summed E-state index contributed by atoms with van der Waals surface area (Å²) in [5, 5.41) is 2.04. The van der Waals surface area contributed by atoms with Crippen molar-refractivity contribution in [3.8, 4) is 0 Å². The molecule has 3 rings (SSSR count). The van der Waals surface area contributed by atoms with Crippen LogP contribution in [0.15, 0.2) is 11.4 Å². The van der Waals surface area contributed by atoms with Crippen molar-refractivity contribution in [3.63, 3.8) is 0 Å². The van der Waals surface area contributed by atoms with Gasteiger partial charge >= 0.3 is 0 Å². The zero-order valence-corrected chi connectivity index (χ0v) is 15.8. The summed E-state index contributed by atoms with van der Waals surface area (Å²) in [6.07, 6.45) is 4.46. The topological polar surface area (TPSA) is 32.8 Å². The van der Waals surface area contributed by atoms with E-state index in [9.17, 15) is 4.79 Å². The summed E-state index contributed by atoms with van der Waals surface area (Å²) in [7, 11) is 0. The van der Waals surface area contributed by atoms with Crippen molar-refractivity contribution < 1.29 is 9.53 Å². The third-order valence-corrected chi connectivity index (χ3v) is 6.52. The van der Waals surface area contributed by atoms with Crippen molar-refractivity contribution in [3.05, 3.63) is 21.9 Å². The molecule has 3 heterocycles. The maximum Gasteiger partial charge on any atom is 0.254 e. The molecule has 0 spiro atoms. The number of carbonyl (C=O) groups is 1. The smallest absolute Gasteiger partial charge is 0.254 e. The molecule has 2 fully saturated rings. The van der Waals surface area contributed by atoms with E-state index in [4.69, 9.17) is 4.74 Å². The molecular weight excluding hydrogens is 320 g/mol. The van der Waals surface area contributed by atoms with Crippen molar-refractivity contribution in [2.45, 2.75) is 45.6 Å². The zero-order valence-electron chi connectivity index (χ0n) is 15.0. The number of carbonyl (C=O) groups excluding carboxylic acids is 1. The van der Waals surface area contributed by atoms with Gasteiger partial charge in [0.05, 0.1) is 18.8 Å². The van der Waals surface area contributed by atoms with E-state index in [1.807, 2.05) is 5.38 Å². The summed E-state index contributed by atoms with van der Waals surface area (Å²) in [6, 6.07) is 2.70. The van der Waals surface area contributed by atoms with Gasteiger partial charge in [-0.1, -0.05) is 13.3 Å². The van der Waals surface area contributed by atoms with Crippen LogP contribution in [-0.4, -0.2) is 61.1 Å². The molecule has 0 saturated carbocycles. The van der Waals surface area contributed by atoms with E-state index in [-0.39, 0.29) is 5.91 Å². The molecule has 2 saturated heterocycles. The highest BCUT2D eigenvalue weighted by molar-refractivity contribution is 7.10. The van der Waals surface area contributed by atoms with Gasteiger partial charge in [0, 0.05) is 42.5 Å². The molecule has 0 unspecified atom stereocenters. The van der Waals surface area contributed by atoms with Gasteiger partial charge in [-0.15, -0.1) is 11.3 Å². The van der Waals surface area contributed by atoms with Gasteiger partial charge in [-0.3, -0.25) is 9.69 Å². The van der Waals surface area contributed by atoms with E-state index in [1.165, 1.54) is 4.88 Å². The van der Waals surface area contributed by atoms with Gasteiger partial charge < -0.3 is 9.64 Å². The first-order valence-corrected chi connectivity index (χ1v) is 10.3. The Hall–Kier alpha value is -0.910. The third-order valence-electron chi connectivity index (χ3n) is 5.53. The lowest BCUT2D eigenvalue weighted by atomic mass is 9.89. The molecule has 1 atom stereocenters. The van der Waals surface area contributed by atoms with Crippen LogP contribution in [0.1, 0.15) is 48.3 Å². The predicted octanol–water partition coefficient (Wildman–Crippen LogP) is 3.27. The van der Waals surface area contributed by atoms with Crippen molar-refractivity contribution in [1.82, 2.24) is 9.80 Å². The fourth-order valence-corrected chi connectivity index (χ4v) is 4.88. The van der Waals surface area contributed by atoms with Gasteiger partial charge in [-0.05, 0) is 38.2 Å². The Bertz CT molecular complexity index is 531. The number of rotatable bonds is 5. The lowest BCUT2D eigenvalue weighted by molar-refractivity contribution is -0.000948. The van der Waals surface area contributed by atoms with Gasteiger partial charge in [0.25, 0.3) is 5.91 Å². The second kappa shape index (κ2) is 8.45. The zero-order chi connectivity index (χ0) is 16.9. The normalized spacial score (nSPS) is 21.8. The second-order valence-electron chi connectivity index (χ2n) is 7.07. The Morgan fingerprint density at radius 3 is 2.67 bits per heavy atom. The summed E-state index contributed by atoms with van der Waals surface area (Å²) in [5.41, 5.74) is 0.892. The highest BCUT2D eigenvalue weighted by atomic mass is 32.1. The van der Waals surface area contributed by atoms with Crippen LogP contribution >= 0.6 is 11.3 Å². The first-order valence-electron chi connectivity index (χ1n) is 9.37. The number of likely N-dealkylation sites (tertiary alicyclic amines) is 1. The van der Waals surface area contributed by atoms with Crippen LogP contribution in [0.3, 0.4) is 0 Å². The van der Waals surface area contributed by atoms with E-state index in [1.54, 1.807) is 11.3 Å². The Kier molecular flexibility index (Phi) is 6.31. The number of amides is 1. The summed E-state index contributed by atoms with van der Waals surface area (Å²) < 4.78 is 5.46. The average molecular weight is 351 g/mol. The van der Waals surface area contributed by atoms with Gasteiger partial charge in [0.15, 0.2) is 0 Å². The fraction of sp³-hybridized carbons (Fsp3) is 0.737. The van der Waals surface area contributed by atoms with Gasteiger partial charge in [-0.2, -0.15) is 0 Å². The van der Waals surface area contributed by atoms with Gasteiger partial charge in [0.2, 0.25) is 0 Å². The molecule has 24 heavy (non-hydrogen) atoms. The number of morpholine rings is 1. The van der Waals surface area contributed by atoms with E-state index < -0.39 is 0 Å². The SMILES string of the molecule is CCCc1cc(C(=O)N2CCC([C@@H](C)N3CCOCC3)CC2)cs1.